The van der Waals surface area contributed by atoms with Gasteiger partial charge in [-0.2, -0.15) is 0 Å². The third-order valence-electron chi connectivity index (χ3n) is 9.37. The Morgan fingerprint density at radius 3 is 1.54 bits per heavy atom. The normalized spacial score (nSPS) is 15.7. The van der Waals surface area contributed by atoms with Gasteiger partial charge in [0.15, 0.2) is 0 Å². The van der Waals surface area contributed by atoms with E-state index >= 15 is 0 Å². The third kappa shape index (κ3) is 5.33. The first kappa shape index (κ1) is 29.2. The van der Waals surface area contributed by atoms with E-state index in [0.29, 0.717) is 0 Å². The van der Waals surface area contributed by atoms with Gasteiger partial charge in [0.25, 0.3) is 0 Å². The Balaban J connectivity index is 1.30. The van der Waals surface area contributed by atoms with Crippen molar-refractivity contribution in [1.82, 2.24) is 0 Å². The van der Waals surface area contributed by atoms with E-state index in [0.717, 1.165) is 46.2 Å². The second kappa shape index (κ2) is 12.2. The summed E-state index contributed by atoms with van der Waals surface area (Å²) in [6, 6.07) is 57.5. The van der Waals surface area contributed by atoms with Crippen molar-refractivity contribution in [3.8, 4) is 0 Å². The fourth-order valence-electron chi connectivity index (χ4n) is 6.96. The minimum Gasteiger partial charge on any atom is -0.399 e. The zero-order valence-electron chi connectivity index (χ0n) is 26.6. The molecule has 0 radical (unpaired) electrons. The van der Waals surface area contributed by atoms with Crippen LogP contribution < -0.4 is 21.3 Å². The quantitative estimate of drug-likeness (QED) is 0.174. The monoisotopic (exact) mass is 620 g/mol. The van der Waals surface area contributed by atoms with Crippen molar-refractivity contribution in [1.29, 1.82) is 0 Å². The molecule has 1 aliphatic rings. The molecule has 1 unspecified atom stereocenters. The average molecular weight is 621 g/mol. The molecule has 4 N–H and O–H groups in total. The van der Waals surface area contributed by atoms with Crippen molar-refractivity contribution >= 4 is 55.7 Å². The lowest BCUT2D eigenvalue weighted by molar-refractivity contribution is 0.544. The highest BCUT2D eigenvalue weighted by Gasteiger charge is 2.39. The van der Waals surface area contributed by atoms with Crippen molar-refractivity contribution in [2.45, 2.75) is 12.0 Å². The highest BCUT2D eigenvalue weighted by molar-refractivity contribution is 5.89. The van der Waals surface area contributed by atoms with Crippen LogP contribution in [-0.4, -0.2) is 0 Å². The van der Waals surface area contributed by atoms with Crippen molar-refractivity contribution in [3.63, 3.8) is 0 Å². The van der Waals surface area contributed by atoms with Gasteiger partial charge < -0.3 is 21.3 Å². The van der Waals surface area contributed by atoms with E-state index in [1.165, 1.54) is 27.1 Å². The molecule has 0 aromatic heterocycles. The smallest absolute Gasteiger partial charge is 0.0924 e. The lowest BCUT2D eigenvalue weighted by atomic mass is 9.80. The molecule has 48 heavy (non-hydrogen) atoms. The fraction of sp³-hybridized carbons (Fsp3) is 0.0455. The largest absolute Gasteiger partial charge is 0.399 e. The summed E-state index contributed by atoms with van der Waals surface area (Å²) in [5, 5.41) is 4.81. The van der Waals surface area contributed by atoms with E-state index in [1.807, 2.05) is 24.3 Å². The minimum atomic E-state index is -0.528. The molecule has 1 atom stereocenters. The molecule has 0 saturated heterocycles. The number of nitrogens with zero attached hydrogens (tertiary/aromatic N) is 2. The Hall–Kier alpha value is -6.26. The van der Waals surface area contributed by atoms with Crippen LogP contribution in [0.5, 0.6) is 0 Å². The minimum absolute atomic E-state index is 0.528. The summed E-state index contributed by atoms with van der Waals surface area (Å²) in [6.45, 7) is 0. The number of anilines is 6. The number of nitrogens with two attached hydrogens (primary N) is 2. The summed E-state index contributed by atoms with van der Waals surface area (Å²) >= 11 is 0. The van der Waals surface area contributed by atoms with E-state index < -0.39 is 5.54 Å². The third-order valence-corrected chi connectivity index (χ3v) is 9.37. The summed E-state index contributed by atoms with van der Waals surface area (Å²) in [6.07, 6.45) is 7.73. The van der Waals surface area contributed by atoms with Crippen LogP contribution in [0.3, 0.4) is 0 Å². The number of hydrogen-bond donors (Lipinski definition) is 2. The lowest BCUT2D eigenvalue weighted by Gasteiger charge is -2.46. The van der Waals surface area contributed by atoms with E-state index in [9.17, 15) is 0 Å². The second-order valence-electron chi connectivity index (χ2n) is 12.4. The van der Waals surface area contributed by atoms with E-state index in [-0.39, 0.29) is 0 Å². The van der Waals surface area contributed by atoms with Crippen LogP contribution in [0.2, 0.25) is 0 Å². The van der Waals surface area contributed by atoms with Gasteiger partial charge >= 0.3 is 0 Å². The van der Waals surface area contributed by atoms with Gasteiger partial charge in [0.1, 0.15) is 0 Å². The van der Waals surface area contributed by atoms with Gasteiger partial charge in [-0.25, -0.2) is 0 Å². The molecule has 7 aromatic carbocycles. The predicted octanol–water partition coefficient (Wildman–Crippen LogP) is 10.9. The van der Waals surface area contributed by atoms with E-state index in [2.05, 4.69) is 168 Å². The Morgan fingerprint density at radius 2 is 0.958 bits per heavy atom. The number of rotatable bonds is 7. The molecule has 1 aliphatic carbocycles. The molecule has 0 spiro atoms. The van der Waals surface area contributed by atoms with Crippen LogP contribution in [0, 0.1) is 0 Å². The average Bonchev–Trinajstić information content (AvgIpc) is 3.14. The summed E-state index contributed by atoms with van der Waals surface area (Å²) in [4.78, 5) is 4.78. The van der Waals surface area contributed by atoms with Gasteiger partial charge in [0.05, 0.1) is 5.54 Å². The first-order chi connectivity index (χ1) is 23.6. The number of benzene rings is 7. The lowest BCUT2D eigenvalue weighted by Crippen LogP contribution is -2.43. The maximum Gasteiger partial charge on any atom is 0.0924 e. The molecule has 8 rings (SSSR count). The van der Waals surface area contributed by atoms with Crippen LogP contribution in [0.1, 0.15) is 12.0 Å². The zero-order chi connectivity index (χ0) is 32.5. The van der Waals surface area contributed by atoms with Crippen LogP contribution in [0.15, 0.2) is 188 Å². The molecule has 0 bridgehead atoms. The Labute approximate surface area is 281 Å². The molecule has 0 fully saturated rings. The van der Waals surface area contributed by atoms with Gasteiger partial charge in [-0.1, -0.05) is 103 Å². The molecule has 0 amide bonds. The molecular weight excluding hydrogens is 585 g/mol. The molecule has 0 heterocycles. The second-order valence-corrected chi connectivity index (χ2v) is 12.4. The predicted molar refractivity (Wildman–Crippen MR) is 204 cm³/mol. The molecule has 0 aliphatic heterocycles. The van der Waals surface area contributed by atoms with Crippen LogP contribution in [-0.2, 0) is 5.54 Å². The number of hydrogen-bond acceptors (Lipinski definition) is 4. The summed E-state index contributed by atoms with van der Waals surface area (Å²) in [5.74, 6) is 0. The van der Waals surface area contributed by atoms with Crippen LogP contribution in [0.25, 0.3) is 21.5 Å². The summed E-state index contributed by atoms with van der Waals surface area (Å²) < 4.78 is 0. The maximum absolute atomic E-state index is 6.21. The number of nitrogen functional groups attached to an aromatic ring is 2. The van der Waals surface area contributed by atoms with Crippen molar-refractivity contribution in [2.75, 3.05) is 21.3 Å². The molecule has 0 saturated carbocycles. The molecule has 7 aromatic rings. The fourth-order valence-corrected chi connectivity index (χ4v) is 6.96. The number of allylic oxidation sites excluding steroid dienone is 1. The molecule has 4 nitrogen and oxygen atoms in total. The van der Waals surface area contributed by atoms with Gasteiger partial charge in [0.2, 0.25) is 0 Å². The highest BCUT2D eigenvalue weighted by atomic mass is 15.2. The van der Waals surface area contributed by atoms with E-state index in [4.69, 9.17) is 11.5 Å². The van der Waals surface area contributed by atoms with Gasteiger partial charge in [-0.3, -0.25) is 0 Å². The first-order valence-corrected chi connectivity index (χ1v) is 16.3. The van der Waals surface area contributed by atoms with Crippen LogP contribution >= 0.6 is 0 Å². The maximum atomic E-state index is 6.21. The van der Waals surface area contributed by atoms with Crippen molar-refractivity contribution < 1.29 is 0 Å². The molecule has 4 heteroatoms. The SMILES string of the molecule is Nc1ccc(N(C2=CCC(c3ccccc3)(N(c3ccc(N)cc3)c3ccc4ccccc4c3)C=C2)c2ccc3ccccc3c2)cc1. The zero-order valence-corrected chi connectivity index (χ0v) is 26.6. The standard InChI is InChI=1S/C44H36N4/c45-37-16-22-39(23-17-37)47(42-20-14-32-8-4-6-10-34(32)30-42)40-26-28-44(29-27-40,36-12-2-1-3-13-36)48(41-24-18-38(46)19-25-41)43-21-15-33-9-5-7-11-35(33)31-43/h1-28,30-31H,29,45-46H2. The first-order valence-electron chi connectivity index (χ1n) is 16.3. The Kier molecular flexibility index (Phi) is 7.39. The number of fused-ring (bicyclic) bond motifs is 2. The Bertz CT molecular complexity index is 2290. The van der Waals surface area contributed by atoms with Crippen molar-refractivity contribution in [2.24, 2.45) is 0 Å². The summed E-state index contributed by atoms with van der Waals surface area (Å²) in [5.41, 5.74) is 19.9. The van der Waals surface area contributed by atoms with E-state index in [1.54, 1.807) is 0 Å². The highest BCUT2D eigenvalue weighted by Crippen LogP contribution is 2.47. The topological polar surface area (TPSA) is 58.5 Å². The molecule has 232 valence electrons. The van der Waals surface area contributed by atoms with Crippen molar-refractivity contribution in [3.05, 3.63) is 193 Å². The summed E-state index contributed by atoms with van der Waals surface area (Å²) in [7, 11) is 0. The van der Waals surface area contributed by atoms with Gasteiger partial charge in [-0.15, -0.1) is 0 Å². The van der Waals surface area contributed by atoms with Crippen LogP contribution in [0.4, 0.5) is 34.1 Å². The molecular formula is C44H36N4. The van der Waals surface area contributed by atoms with Gasteiger partial charge in [-0.05, 0) is 112 Å². The van der Waals surface area contributed by atoms with Gasteiger partial charge in [0, 0.05) is 39.8 Å². The Morgan fingerprint density at radius 1 is 0.458 bits per heavy atom.